The van der Waals surface area contributed by atoms with Gasteiger partial charge in [-0.05, 0) is 87.2 Å². The highest BCUT2D eigenvalue weighted by Gasteiger charge is 2.38. The van der Waals surface area contributed by atoms with Gasteiger partial charge in [-0.15, -0.1) is 0 Å². The molecule has 3 amide bonds. The first-order valence-corrected chi connectivity index (χ1v) is 13.0. The molecule has 2 aliphatic rings. The van der Waals surface area contributed by atoms with Crippen LogP contribution in [0.2, 0.25) is 0 Å². The zero-order valence-electron chi connectivity index (χ0n) is 21.4. The van der Waals surface area contributed by atoms with E-state index in [9.17, 15) is 14.4 Å². The minimum atomic E-state index is -0.594. The maximum Gasteiger partial charge on any atom is 0.294 e. The second-order valence-electron chi connectivity index (χ2n) is 10.2. The molecule has 4 rings (SSSR count). The van der Waals surface area contributed by atoms with Crippen LogP contribution in [0.1, 0.15) is 63.1 Å². The van der Waals surface area contributed by atoms with Crippen LogP contribution in [0.5, 0.6) is 0 Å². The Bertz CT molecular complexity index is 1240. The standard InChI is InChI=1S/C28H32FN3O3S/c1-6-11-32-23-14-22(29)19(12-21(23)18(3)15-28(32,4)5)13-24-26(34)31(27(35)36-24)16-25(33)30-20-9-7-17(2)8-10-20/h7-10,12-14,18H,6,11,15-16H2,1-5H3,(H,30,33)/b24-13+. The van der Waals surface area contributed by atoms with Crippen molar-refractivity contribution in [1.29, 1.82) is 0 Å². The van der Waals surface area contributed by atoms with Gasteiger partial charge in [0.15, 0.2) is 0 Å². The lowest BCUT2D eigenvalue weighted by atomic mass is 9.79. The molecule has 8 heteroatoms. The Morgan fingerprint density at radius 3 is 2.58 bits per heavy atom. The molecule has 1 saturated heterocycles. The summed E-state index contributed by atoms with van der Waals surface area (Å²) in [7, 11) is 0. The average molecular weight is 510 g/mol. The monoisotopic (exact) mass is 509 g/mol. The highest BCUT2D eigenvalue weighted by molar-refractivity contribution is 8.18. The van der Waals surface area contributed by atoms with Gasteiger partial charge >= 0.3 is 0 Å². The minimum Gasteiger partial charge on any atom is -0.366 e. The molecule has 190 valence electrons. The van der Waals surface area contributed by atoms with Crippen LogP contribution in [-0.2, 0) is 9.59 Å². The minimum absolute atomic E-state index is 0.0851. The summed E-state index contributed by atoms with van der Waals surface area (Å²) in [5.41, 5.74) is 3.74. The van der Waals surface area contributed by atoms with Crippen molar-refractivity contribution in [3.05, 3.63) is 63.8 Å². The van der Waals surface area contributed by atoms with Crippen molar-refractivity contribution in [2.24, 2.45) is 0 Å². The summed E-state index contributed by atoms with van der Waals surface area (Å²) in [6.07, 6.45) is 3.30. The van der Waals surface area contributed by atoms with Crippen LogP contribution in [0.3, 0.4) is 0 Å². The van der Waals surface area contributed by atoms with E-state index in [2.05, 4.69) is 37.9 Å². The number of fused-ring (bicyclic) bond motifs is 1. The fraction of sp³-hybridized carbons (Fsp3) is 0.393. The number of halogens is 1. The van der Waals surface area contributed by atoms with Crippen molar-refractivity contribution in [3.63, 3.8) is 0 Å². The van der Waals surface area contributed by atoms with E-state index >= 15 is 4.39 Å². The molecule has 1 unspecified atom stereocenters. The van der Waals surface area contributed by atoms with Crippen molar-refractivity contribution < 1.29 is 18.8 Å². The number of aryl methyl sites for hydroxylation is 1. The largest absolute Gasteiger partial charge is 0.366 e. The molecule has 2 aromatic rings. The fourth-order valence-electron chi connectivity index (χ4n) is 5.04. The van der Waals surface area contributed by atoms with Gasteiger partial charge in [0.25, 0.3) is 11.1 Å². The van der Waals surface area contributed by atoms with E-state index in [1.54, 1.807) is 24.3 Å². The number of hydrogen-bond acceptors (Lipinski definition) is 5. The van der Waals surface area contributed by atoms with Gasteiger partial charge < -0.3 is 10.2 Å². The van der Waals surface area contributed by atoms with Gasteiger partial charge in [0.1, 0.15) is 12.4 Å². The molecular weight excluding hydrogens is 477 g/mol. The van der Waals surface area contributed by atoms with E-state index in [0.717, 1.165) is 52.9 Å². The Labute approximate surface area is 215 Å². The molecule has 1 N–H and O–H groups in total. The van der Waals surface area contributed by atoms with E-state index in [1.807, 2.05) is 19.1 Å². The summed E-state index contributed by atoms with van der Waals surface area (Å²) in [6.45, 7) is 11.0. The maximum absolute atomic E-state index is 15.3. The Hall–Kier alpha value is -3.13. The van der Waals surface area contributed by atoms with Crippen molar-refractivity contribution in [2.45, 2.75) is 58.9 Å². The third-order valence-electron chi connectivity index (χ3n) is 6.75. The molecular formula is C28H32FN3O3S. The fourth-order valence-corrected chi connectivity index (χ4v) is 5.87. The molecule has 36 heavy (non-hydrogen) atoms. The van der Waals surface area contributed by atoms with Crippen LogP contribution >= 0.6 is 11.8 Å². The number of nitrogens with zero attached hydrogens (tertiary/aromatic N) is 2. The van der Waals surface area contributed by atoms with Crippen LogP contribution in [0.25, 0.3) is 6.08 Å². The molecule has 0 aliphatic carbocycles. The predicted molar refractivity (Wildman–Crippen MR) is 144 cm³/mol. The molecule has 0 spiro atoms. The molecule has 0 radical (unpaired) electrons. The van der Waals surface area contributed by atoms with Gasteiger partial charge in [0, 0.05) is 29.0 Å². The number of hydrogen-bond donors (Lipinski definition) is 1. The van der Waals surface area contributed by atoms with Crippen molar-refractivity contribution in [1.82, 2.24) is 4.90 Å². The van der Waals surface area contributed by atoms with Crippen LogP contribution in [0, 0.1) is 12.7 Å². The molecule has 1 atom stereocenters. The van der Waals surface area contributed by atoms with Crippen molar-refractivity contribution >= 4 is 46.3 Å². The van der Waals surface area contributed by atoms with E-state index < -0.39 is 29.4 Å². The average Bonchev–Trinajstić information content (AvgIpc) is 3.06. The normalized spacial score (nSPS) is 20.2. The highest BCUT2D eigenvalue weighted by Crippen LogP contribution is 2.45. The van der Waals surface area contributed by atoms with E-state index in [4.69, 9.17) is 0 Å². The quantitative estimate of drug-likeness (QED) is 0.462. The first-order chi connectivity index (χ1) is 17.0. The summed E-state index contributed by atoms with van der Waals surface area (Å²) < 4.78 is 15.3. The second kappa shape index (κ2) is 10.1. The Balaban J connectivity index is 1.55. The summed E-state index contributed by atoms with van der Waals surface area (Å²) in [5, 5.41) is 2.14. The van der Waals surface area contributed by atoms with Gasteiger partial charge in [0.05, 0.1) is 4.91 Å². The third-order valence-corrected chi connectivity index (χ3v) is 7.66. The summed E-state index contributed by atoms with van der Waals surface area (Å²) >= 11 is 0.724. The summed E-state index contributed by atoms with van der Waals surface area (Å²) in [5.74, 6) is -1.29. The smallest absolute Gasteiger partial charge is 0.294 e. The lowest BCUT2D eigenvalue weighted by Crippen LogP contribution is -2.48. The van der Waals surface area contributed by atoms with Crippen molar-refractivity contribution in [2.75, 3.05) is 23.3 Å². The molecule has 1 fully saturated rings. The van der Waals surface area contributed by atoms with E-state index in [-0.39, 0.29) is 21.9 Å². The molecule has 0 saturated carbocycles. The van der Waals surface area contributed by atoms with Crippen LogP contribution in [0.4, 0.5) is 20.6 Å². The number of benzene rings is 2. The van der Waals surface area contributed by atoms with Gasteiger partial charge in [-0.25, -0.2) is 4.39 Å². The van der Waals surface area contributed by atoms with Gasteiger partial charge in [-0.1, -0.05) is 31.5 Å². The number of carbonyl (C=O) groups excluding carboxylic acids is 3. The summed E-state index contributed by atoms with van der Waals surface area (Å²) in [6, 6.07) is 10.6. The van der Waals surface area contributed by atoms with Gasteiger partial charge in [-0.3, -0.25) is 19.3 Å². The highest BCUT2D eigenvalue weighted by atomic mass is 32.2. The lowest BCUT2D eigenvalue weighted by molar-refractivity contribution is -0.127. The van der Waals surface area contributed by atoms with Gasteiger partial charge in [0.2, 0.25) is 5.91 Å². The zero-order chi connectivity index (χ0) is 26.2. The molecule has 2 heterocycles. The number of rotatable bonds is 6. The van der Waals surface area contributed by atoms with Crippen LogP contribution in [-0.4, -0.2) is 40.6 Å². The number of imide groups is 1. The van der Waals surface area contributed by atoms with Gasteiger partial charge in [-0.2, -0.15) is 0 Å². The maximum atomic E-state index is 15.3. The Morgan fingerprint density at radius 2 is 1.92 bits per heavy atom. The number of amides is 3. The number of thioether (sulfide) groups is 1. The molecule has 2 aliphatic heterocycles. The van der Waals surface area contributed by atoms with Crippen molar-refractivity contribution in [3.8, 4) is 0 Å². The van der Waals surface area contributed by atoms with Crippen LogP contribution < -0.4 is 10.2 Å². The van der Waals surface area contributed by atoms with E-state index in [0.29, 0.717) is 5.69 Å². The predicted octanol–water partition coefficient (Wildman–Crippen LogP) is 6.31. The molecule has 6 nitrogen and oxygen atoms in total. The Morgan fingerprint density at radius 1 is 1.22 bits per heavy atom. The number of carbonyl (C=O) groups is 3. The molecule has 0 bridgehead atoms. The SMILES string of the molecule is CCCN1c2cc(F)c(/C=C3/SC(=O)N(CC(=O)Nc4ccc(C)cc4)C3=O)cc2C(C)CC1(C)C. The van der Waals surface area contributed by atoms with E-state index in [1.165, 1.54) is 6.08 Å². The summed E-state index contributed by atoms with van der Waals surface area (Å²) in [4.78, 5) is 41.2. The van der Waals surface area contributed by atoms with Crippen LogP contribution in [0.15, 0.2) is 41.3 Å². The topological polar surface area (TPSA) is 69.7 Å². The zero-order valence-corrected chi connectivity index (χ0v) is 22.2. The number of anilines is 2. The second-order valence-corrected chi connectivity index (χ2v) is 11.2. The number of nitrogens with one attached hydrogen (secondary N) is 1. The molecule has 0 aromatic heterocycles. The molecule has 2 aromatic carbocycles. The Kier molecular flexibility index (Phi) is 7.27. The first-order valence-electron chi connectivity index (χ1n) is 12.2. The first kappa shape index (κ1) is 25.9. The third kappa shape index (κ3) is 5.19. The lowest BCUT2D eigenvalue weighted by Gasteiger charge is -2.47.